The third-order valence-corrected chi connectivity index (χ3v) is 4.43. The lowest BCUT2D eigenvalue weighted by Crippen LogP contribution is -2.36. The van der Waals surface area contributed by atoms with E-state index in [1.54, 1.807) is 11.3 Å². The van der Waals surface area contributed by atoms with Crippen molar-refractivity contribution < 1.29 is 9.59 Å². The van der Waals surface area contributed by atoms with Gasteiger partial charge in [0.05, 0.1) is 28.3 Å². The molecule has 0 spiro atoms. The number of carbonyl (C=O) groups is 2. The van der Waals surface area contributed by atoms with Crippen molar-refractivity contribution in [2.24, 2.45) is 5.73 Å². The minimum Gasteiger partial charge on any atom is -0.346 e. The summed E-state index contributed by atoms with van der Waals surface area (Å²) in [6.07, 6.45) is 2.45. The number of rotatable bonds is 5. The average Bonchev–Trinajstić information content (AvgIpc) is 3.24. The van der Waals surface area contributed by atoms with Crippen LogP contribution in [0.4, 0.5) is 5.69 Å². The summed E-state index contributed by atoms with van der Waals surface area (Å²) >= 11 is 1.68. The predicted molar refractivity (Wildman–Crippen MR) is 89.5 cm³/mol. The fraction of sp³-hybridized carbons (Fsp3) is 0.357. The molecule has 0 atom stereocenters. The number of anilines is 1. The van der Waals surface area contributed by atoms with E-state index in [-0.39, 0.29) is 37.3 Å². The standard InChI is InChI=1S/C14H16N4O2S.ClH/c15-6-12(19)16-7-13(20)17-9-3-4-10-11(5-9)21-14(18-10)8-1-2-8;/h3-5,8H,1-2,6-7,15H2,(H,16,19)(H,17,20);1H. The largest absolute Gasteiger partial charge is 0.346 e. The van der Waals surface area contributed by atoms with Gasteiger partial charge in [-0.2, -0.15) is 0 Å². The Labute approximate surface area is 137 Å². The van der Waals surface area contributed by atoms with Crippen molar-refractivity contribution >= 4 is 51.5 Å². The number of aromatic nitrogens is 1. The molecule has 0 saturated heterocycles. The molecule has 0 unspecified atom stereocenters. The molecule has 1 heterocycles. The summed E-state index contributed by atoms with van der Waals surface area (Å²) < 4.78 is 1.07. The third-order valence-electron chi connectivity index (χ3n) is 3.25. The summed E-state index contributed by atoms with van der Waals surface area (Å²) in [7, 11) is 0. The van der Waals surface area contributed by atoms with Crippen LogP contribution in [-0.4, -0.2) is 29.9 Å². The van der Waals surface area contributed by atoms with Crippen molar-refractivity contribution in [3.63, 3.8) is 0 Å². The number of amides is 2. The molecule has 1 aromatic carbocycles. The summed E-state index contributed by atoms with van der Waals surface area (Å²) in [6.45, 7) is -0.200. The van der Waals surface area contributed by atoms with Crippen LogP contribution in [-0.2, 0) is 9.59 Å². The Hall–Kier alpha value is -1.70. The number of fused-ring (bicyclic) bond motifs is 1. The zero-order valence-electron chi connectivity index (χ0n) is 11.8. The Bertz CT molecular complexity index is 699. The molecule has 1 aromatic heterocycles. The van der Waals surface area contributed by atoms with Crippen molar-refractivity contribution in [2.45, 2.75) is 18.8 Å². The Morgan fingerprint density at radius 3 is 2.77 bits per heavy atom. The number of hydrogen-bond acceptors (Lipinski definition) is 5. The summed E-state index contributed by atoms with van der Waals surface area (Å²) in [4.78, 5) is 27.3. The van der Waals surface area contributed by atoms with Crippen molar-refractivity contribution in [3.8, 4) is 0 Å². The van der Waals surface area contributed by atoms with Crippen LogP contribution in [0.1, 0.15) is 23.8 Å². The van der Waals surface area contributed by atoms with E-state index in [1.165, 1.54) is 17.8 Å². The zero-order valence-corrected chi connectivity index (χ0v) is 13.4. The van der Waals surface area contributed by atoms with E-state index in [1.807, 2.05) is 18.2 Å². The second kappa shape index (κ2) is 7.04. The topological polar surface area (TPSA) is 97.1 Å². The predicted octanol–water partition coefficient (Wildman–Crippen LogP) is 1.61. The minimum absolute atomic E-state index is 0. The SMILES string of the molecule is Cl.NCC(=O)NCC(=O)Nc1ccc2nc(C3CC3)sc2c1. The van der Waals surface area contributed by atoms with Crippen molar-refractivity contribution in [3.05, 3.63) is 23.2 Å². The molecule has 6 nitrogen and oxygen atoms in total. The third kappa shape index (κ3) is 3.94. The molecule has 22 heavy (non-hydrogen) atoms. The van der Waals surface area contributed by atoms with Crippen LogP contribution < -0.4 is 16.4 Å². The number of nitrogens with one attached hydrogen (secondary N) is 2. The molecule has 1 fully saturated rings. The first-order valence-corrected chi connectivity index (χ1v) is 7.64. The quantitative estimate of drug-likeness (QED) is 0.770. The van der Waals surface area contributed by atoms with E-state index >= 15 is 0 Å². The number of halogens is 1. The first-order chi connectivity index (χ1) is 10.2. The molecule has 3 rings (SSSR count). The normalized spacial score (nSPS) is 13.5. The van der Waals surface area contributed by atoms with E-state index < -0.39 is 0 Å². The Morgan fingerprint density at radius 1 is 1.32 bits per heavy atom. The van der Waals surface area contributed by atoms with Crippen molar-refractivity contribution in [1.82, 2.24) is 10.3 Å². The number of nitrogens with zero attached hydrogens (tertiary/aromatic N) is 1. The van der Waals surface area contributed by atoms with Crippen LogP contribution >= 0.6 is 23.7 Å². The van der Waals surface area contributed by atoms with Crippen LogP contribution in [0.2, 0.25) is 0 Å². The summed E-state index contributed by atoms with van der Waals surface area (Å²) in [5, 5.41) is 6.37. The fourth-order valence-electron chi connectivity index (χ4n) is 1.98. The lowest BCUT2D eigenvalue weighted by atomic mass is 10.3. The Balaban J connectivity index is 0.00000176. The summed E-state index contributed by atoms with van der Waals surface area (Å²) in [5.41, 5.74) is 6.83. The minimum atomic E-state index is -0.350. The maximum atomic E-state index is 11.7. The van der Waals surface area contributed by atoms with Crippen molar-refractivity contribution in [1.29, 1.82) is 0 Å². The van der Waals surface area contributed by atoms with Gasteiger partial charge in [0.25, 0.3) is 0 Å². The van der Waals surface area contributed by atoms with Crippen LogP contribution in [0.15, 0.2) is 18.2 Å². The highest BCUT2D eigenvalue weighted by Gasteiger charge is 2.26. The second-order valence-corrected chi connectivity index (χ2v) is 6.10. The fourth-order valence-corrected chi connectivity index (χ4v) is 3.16. The summed E-state index contributed by atoms with van der Waals surface area (Å²) in [5.74, 6) is 0.00660. The lowest BCUT2D eigenvalue weighted by Gasteiger charge is -2.06. The van der Waals surface area contributed by atoms with Gasteiger partial charge in [-0.05, 0) is 31.0 Å². The molecule has 8 heteroatoms. The molecule has 1 saturated carbocycles. The van der Waals surface area contributed by atoms with Gasteiger partial charge < -0.3 is 16.4 Å². The van der Waals surface area contributed by atoms with E-state index in [2.05, 4.69) is 15.6 Å². The van der Waals surface area contributed by atoms with Gasteiger partial charge in [-0.1, -0.05) is 0 Å². The molecular weight excluding hydrogens is 324 g/mol. The highest BCUT2D eigenvalue weighted by molar-refractivity contribution is 7.18. The van der Waals surface area contributed by atoms with Crippen LogP contribution in [0.25, 0.3) is 10.2 Å². The van der Waals surface area contributed by atoms with Gasteiger partial charge >= 0.3 is 0 Å². The highest BCUT2D eigenvalue weighted by Crippen LogP contribution is 2.43. The van der Waals surface area contributed by atoms with Crippen molar-refractivity contribution in [2.75, 3.05) is 18.4 Å². The Kier molecular flexibility index (Phi) is 5.33. The number of thiazole rings is 1. The van der Waals surface area contributed by atoms with E-state index in [0.717, 1.165) is 10.2 Å². The average molecular weight is 341 g/mol. The lowest BCUT2D eigenvalue weighted by molar-refractivity contribution is -0.123. The maximum Gasteiger partial charge on any atom is 0.243 e. The molecule has 4 N–H and O–H groups in total. The van der Waals surface area contributed by atoms with Crippen LogP contribution in [0.3, 0.4) is 0 Å². The number of benzene rings is 1. The van der Waals surface area contributed by atoms with Gasteiger partial charge in [0.15, 0.2) is 0 Å². The molecule has 1 aliphatic rings. The van der Waals surface area contributed by atoms with Gasteiger partial charge in [0.1, 0.15) is 0 Å². The molecule has 0 aliphatic heterocycles. The number of nitrogens with two attached hydrogens (primary N) is 1. The molecule has 2 amide bonds. The molecule has 118 valence electrons. The zero-order chi connectivity index (χ0) is 14.8. The van der Waals surface area contributed by atoms with Gasteiger partial charge in [-0.15, -0.1) is 23.7 Å². The maximum absolute atomic E-state index is 11.7. The second-order valence-electron chi connectivity index (χ2n) is 5.04. The molecule has 1 aliphatic carbocycles. The summed E-state index contributed by atoms with van der Waals surface area (Å²) in [6, 6.07) is 5.65. The Morgan fingerprint density at radius 2 is 2.09 bits per heavy atom. The monoisotopic (exact) mass is 340 g/mol. The highest BCUT2D eigenvalue weighted by atomic mass is 35.5. The molecule has 0 radical (unpaired) electrons. The van der Waals surface area contributed by atoms with Crippen LogP contribution in [0.5, 0.6) is 0 Å². The smallest absolute Gasteiger partial charge is 0.243 e. The first-order valence-electron chi connectivity index (χ1n) is 6.83. The molecule has 0 bridgehead atoms. The van der Waals surface area contributed by atoms with Crippen LogP contribution in [0, 0.1) is 0 Å². The number of hydrogen-bond donors (Lipinski definition) is 3. The first kappa shape index (κ1) is 16.7. The van der Waals surface area contributed by atoms with Gasteiger partial charge in [0, 0.05) is 11.6 Å². The van der Waals surface area contributed by atoms with E-state index in [4.69, 9.17) is 5.73 Å². The molecule has 2 aromatic rings. The van der Waals surface area contributed by atoms with E-state index in [0.29, 0.717) is 11.6 Å². The molecular formula is C14H17ClN4O2S. The number of carbonyl (C=O) groups excluding carboxylic acids is 2. The van der Waals surface area contributed by atoms with Gasteiger partial charge in [-0.25, -0.2) is 4.98 Å². The van der Waals surface area contributed by atoms with Gasteiger partial charge in [0.2, 0.25) is 11.8 Å². The van der Waals surface area contributed by atoms with E-state index in [9.17, 15) is 9.59 Å². The van der Waals surface area contributed by atoms with Gasteiger partial charge in [-0.3, -0.25) is 9.59 Å².